The zero-order valence-corrected chi connectivity index (χ0v) is 17.4. The van der Waals surface area contributed by atoms with Crippen LogP contribution in [0.15, 0.2) is 84.9 Å². The Hall–Kier alpha value is -4.05. The van der Waals surface area contributed by atoms with Gasteiger partial charge in [0.05, 0.1) is 22.1 Å². The van der Waals surface area contributed by atoms with E-state index in [2.05, 4.69) is 113 Å². The van der Waals surface area contributed by atoms with Crippen LogP contribution in [0.5, 0.6) is 0 Å². The Balaban J connectivity index is 1.46. The predicted molar refractivity (Wildman–Crippen MR) is 129 cm³/mol. The molecule has 0 N–H and O–H groups in total. The zero-order valence-electron chi connectivity index (χ0n) is 17.4. The fourth-order valence-corrected chi connectivity index (χ4v) is 5.09. The molecule has 0 saturated carbocycles. The van der Waals surface area contributed by atoms with Gasteiger partial charge in [-0.2, -0.15) is 0 Å². The predicted octanol–water partition coefficient (Wildman–Crippen LogP) is 6.29. The fraction of sp³-hybridized carbons (Fsp3) is 0.0741. The third kappa shape index (κ3) is 2.11. The number of imidazole rings is 2. The molecule has 3 heterocycles. The average Bonchev–Trinajstić information content (AvgIpc) is 3.43. The highest BCUT2D eigenvalue weighted by atomic mass is 15.2. The van der Waals surface area contributed by atoms with Gasteiger partial charge in [0.25, 0.3) is 0 Å². The summed E-state index contributed by atoms with van der Waals surface area (Å²) in [4.78, 5) is 4.97. The summed E-state index contributed by atoms with van der Waals surface area (Å²) in [6, 6.07) is 30.4. The molecule has 0 aliphatic rings. The molecular formula is C27H20N4. The smallest absolute Gasteiger partial charge is 0.215 e. The van der Waals surface area contributed by atoms with Gasteiger partial charge in [-0.3, -0.25) is 4.40 Å². The second-order valence-corrected chi connectivity index (χ2v) is 8.31. The second-order valence-electron chi connectivity index (χ2n) is 8.31. The molecule has 0 unspecified atom stereocenters. The molecule has 148 valence electrons. The number of hydrogen-bond donors (Lipinski definition) is 0. The number of fused-ring (bicyclic) bond motifs is 8. The molecule has 0 radical (unpaired) electrons. The second kappa shape index (κ2) is 5.76. The molecule has 7 rings (SSSR count). The van der Waals surface area contributed by atoms with E-state index in [9.17, 15) is 0 Å². The Morgan fingerprint density at radius 1 is 0.548 bits per heavy atom. The van der Waals surface area contributed by atoms with E-state index in [1.807, 2.05) is 0 Å². The van der Waals surface area contributed by atoms with Crippen LogP contribution in [0.25, 0.3) is 60.8 Å². The molecular weight excluding hydrogens is 380 g/mol. The first-order valence-electron chi connectivity index (χ1n) is 10.5. The van der Waals surface area contributed by atoms with E-state index in [1.54, 1.807) is 0 Å². The molecule has 0 atom stereocenters. The van der Waals surface area contributed by atoms with Crippen molar-refractivity contribution in [2.24, 2.45) is 14.1 Å². The van der Waals surface area contributed by atoms with Crippen molar-refractivity contribution in [1.82, 2.24) is 18.5 Å². The molecule has 0 aliphatic heterocycles. The monoisotopic (exact) mass is 400 g/mol. The quantitative estimate of drug-likeness (QED) is 0.318. The number of aryl methyl sites for hydroxylation is 2. The molecule has 0 fully saturated rings. The first-order valence-corrected chi connectivity index (χ1v) is 10.5. The lowest BCUT2D eigenvalue weighted by Gasteiger charge is -2.04. The van der Waals surface area contributed by atoms with Crippen LogP contribution in [0.2, 0.25) is 0 Å². The van der Waals surface area contributed by atoms with Gasteiger partial charge in [0, 0.05) is 35.9 Å². The lowest BCUT2D eigenvalue weighted by Crippen LogP contribution is -1.87. The highest BCUT2D eigenvalue weighted by molar-refractivity contribution is 6.09. The molecule has 0 amide bonds. The van der Waals surface area contributed by atoms with Crippen LogP contribution < -0.4 is 0 Å². The highest BCUT2D eigenvalue weighted by Gasteiger charge is 2.15. The summed E-state index contributed by atoms with van der Waals surface area (Å²) in [5.74, 6) is 0.970. The van der Waals surface area contributed by atoms with Crippen LogP contribution >= 0.6 is 0 Å². The largest absolute Gasteiger partial charge is 0.344 e. The maximum absolute atomic E-state index is 4.97. The highest BCUT2D eigenvalue weighted by Crippen LogP contribution is 2.33. The van der Waals surface area contributed by atoms with E-state index in [4.69, 9.17) is 4.98 Å². The molecule has 0 spiro atoms. The van der Waals surface area contributed by atoms with Crippen LogP contribution in [0.4, 0.5) is 0 Å². The first kappa shape index (κ1) is 16.7. The van der Waals surface area contributed by atoms with Crippen LogP contribution in [0, 0.1) is 0 Å². The molecule has 0 aliphatic carbocycles. The topological polar surface area (TPSA) is 27.2 Å². The van der Waals surface area contributed by atoms with Gasteiger partial charge in [0.2, 0.25) is 5.78 Å². The lowest BCUT2D eigenvalue weighted by molar-refractivity contribution is 0.973. The average molecular weight is 400 g/mol. The fourth-order valence-electron chi connectivity index (χ4n) is 5.09. The molecule has 0 bridgehead atoms. The van der Waals surface area contributed by atoms with Crippen LogP contribution in [0.1, 0.15) is 0 Å². The molecule has 4 heteroatoms. The minimum Gasteiger partial charge on any atom is -0.344 e. The molecule has 7 aromatic rings. The number of aromatic nitrogens is 4. The van der Waals surface area contributed by atoms with E-state index < -0.39 is 0 Å². The summed E-state index contributed by atoms with van der Waals surface area (Å²) in [5, 5.41) is 2.59. The molecule has 0 saturated heterocycles. The van der Waals surface area contributed by atoms with Crippen molar-refractivity contribution in [3.63, 3.8) is 0 Å². The van der Waals surface area contributed by atoms with Gasteiger partial charge >= 0.3 is 0 Å². The number of para-hydroxylation sites is 3. The maximum Gasteiger partial charge on any atom is 0.215 e. The number of nitrogens with zero attached hydrogens (tertiary/aromatic N) is 4. The minimum atomic E-state index is 0.970. The minimum absolute atomic E-state index is 0.970. The van der Waals surface area contributed by atoms with Gasteiger partial charge in [-0.05, 0) is 47.5 Å². The van der Waals surface area contributed by atoms with E-state index in [0.717, 1.165) is 16.8 Å². The Labute approximate surface area is 178 Å². The molecule has 31 heavy (non-hydrogen) atoms. The van der Waals surface area contributed by atoms with Crippen LogP contribution in [-0.2, 0) is 14.1 Å². The third-order valence-electron chi connectivity index (χ3n) is 6.67. The Kier molecular flexibility index (Phi) is 3.11. The summed E-state index contributed by atoms with van der Waals surface area (Å²) in [5.41, 5.74) is 9.45. The van der Waals surface area contributed by atoms with Crippen LogP contribution in [0.3, 0.4) is 0 Å². The van der Waals surface area contributed by atoms with Gasteiger partial charge < -0.3 is 9.13 Å². The van der Waals surface area contributed by atoms with Crippen molar-refractivity contribution in [2.75, 3.05) is 0 Å². The number of hydrogen-bond acceptors (Lipinski definition) is 1. The van der Waals surface area contributed by atoms with Gasteiger partial charge in [-0.1, -0.05) is 48.5 Å². The van der Waals surface area contributed by atoms with Crippen molar-refractivity contribution in [1.29, 1.82) is 0 Å². The lowest BCUT2D eigenvalue weighted by atomic mass is 10.0. The molecule has 4 nitrogen and oxygen atoms in total. The zero-order chi connectivity index (χ0) is 20.7. The van der Waals surface area contributed by atoms with Crippen molar-refractivity contribution in [2.45, 2.75) is 0 Å². The SMILES string of the molecule is Cn1c2ccccc2c2ccc(-c3ccc4c(c3)nc3n(C)c5ccccc5n43)cc21. The standard InChI is InChI=1S/C27H20N4/c1-29-22-8-4-3-7-19(22)20-13-11-18(16-26(20)29)17-12-14-23-21(15-17)28-27-30(2)24-9-5-6-10-25(24)31(23)27/h3-16H,1-2H3. The maximum atomic E-state index is 4.97. The van der Waals surface area contributed by atoms with E-state index >= 15 is 0 Å². The van der Waals surface area contributed by atoms with Crippen molar-refractivity contribution < 1.29 is 0 Å². The first-order chi connectivity index (χ1) is 15.2. The third-order valence-corrected chi connectivity index (χ3v) is 6.67. The number of rotatable bonds is 1. The van der Waals surface area contributed by atoms with Gasteiger partial charge in [0.15, 0.2) is 0 Å². The van der Waals surface area contributed by atoms with Crippen molar-refractivity contribution in [3.05, 3.63) is 84.9 Å². The summed E-state index contributed by atoms with van der Waals surface area (Å²) < 4.78 is 6.70. The van der Waals surface area contributed by atoms with Crippen molar-refractivity contribution >= 4 is 49.7 Å². The summed E-state index contributed by atoms with van der Waals surface area (Å²) in [6.07, 6.45) is 0. The Morgan fingerprint density at radius 3 is 2.10 bits per heavy atom. The number of benzene rings is 4. The normalized spacial score (nSPS) is 12.2. The molecule has 4 aromatic carbocycles. The van der Waals surface area contributed by atoms with Gasteiger partial charge in [-0.25, -0.2) is 4.98 Å². The van der Waals surface area contributed by atoms with Gasteiger partial charge in [-0.15, -0.1) is 0 Å². The Morgan fingerprint density at radius 2 is 1.23 bits per heavy atom. The van der Waals surface area contributed by atoms with E-state index in [1.165, 1.54) is 44.0 Å². The van der Waals surface area contributed by atoms with Gasteiger partial charge in [0.1, 0.15) is 0 Å². The summed E-state index contributed by atoms with van der Waals surface area (Å²) in [7, 11) is 4.23. The Bertz CT molecular complexity index is 1810. The van der Waals surface area contributed by atoms with E-state index in [0.29, 0.717) is 0 Å². The summed E-state index contributed by atoms with van der Waals surface area (Å²) in [6.45, 7) is 0. The van der Waals surface area contributed by atoms with E-state index in [-0.39, 0.29) is 0 Å². The summed E-state index contributed by atoms with van der Waals surface area (Å²) >= 11 is 0. The molecule has 3 aromatic heterocycles. The van der Waals surface area contributed by atoms with Crippen LogP contribution in [-0.4, -0.2) is 18.5 Å². The van der Waals surface area contributed by atoms with Crippen molar-refractivity contribution in [3.8, 4) is 11.1 Å².